The van der Waals surface area contributed by atoms with Crippen LogP contribution in [0.25, 0.3) is 0 Å². The van der Waals surface area contributed by atoms with Gasteiger partial charge < -0.3 is 25.8 Å². The Morgan fingerprint density at radius 3 is 2.79 bits per heavy atom. The normalized spacial score (nSPS) is 17.3. The molecule has 1 aliphatic rings. The molecule has 9 nitrogen and oxygen atoms in total. The second-order valence-corrected chi connectivity index (χ2v) is 9.52. The van der Waals surface area contributed by atoms with Crippen molar-refractivity contribution in [2.24, 2.45) is 5.92 Å². The Balaban J connectivity index is 1.71. The monoisotopic (exact) mass is 474 g/mol. The molecular weight excluding hydrogens is 439 g/mol. The number of anilines is 3. The van der Waals surface area contributed by atoms with E-state index in [0.717, 1.165) is 38.3 Å². The molecule has 2 aromatic heterocycles. The van der Waals surface area contributed by atoms with Crippen LogP contribution in [-0.4, -0.2) is 63.5 Å². The Bertz CT molecular complexity index is 960. The molecule has 0 saturated carbocycles. The molecule has 186 valence electrons. The third-order valence-electron chi connectivity index (χ3n) is 5.49. The number of ether oxygens (including phenoxy) is 1. The fourth-order valence-corrected chi connectivity index (χ4v) is 3.59. The highest BCUT2D eigenvalue weighted by Crippen LogP contribution is 2.23. The van der Waals surface area contributed by atoms with E-state index < -0.39 is 17.7 Å². The van der Waals surface area contributed by atoms with Crippen LogP contribution < -0.4 is 16.0 Å². The summed E-state index contributed by atoms with van der Waals surface area (Å²) in [6.07, 6.45) is 4.46. The maximum atomic E-state index is 14.1. The van der Waals surface area contributed by atoms with E-state index in [-0.39, 0.29) is 18.2 Å². The molecule has 1 saturated heterocycles. The number of halogens is 1. The molecule has 2 aromatic rings. The maximum absolute atomic E-state index is 14.1. The maximum Gasteiger partial charge on any atom is 0.255 e. The fourth-order valence-electron chi connectivity index (χ4n) is 3.59. The van der Waals surface area contributed by atoms with Crippen molar-refractivity contribution in [1.82, 2.24) is 20.3 Å². The molecule has 1 unspecified atom stereocenters. The molecule has 0 spiro atoms. The van der Waals surface area contributed by atoms with E-state index in [1.165, 1.54) is 20.0 Å². The molecule has 0 aliphatic carbocycles. The number of pyridine rings is 1. The highest BCUT2D eigenvalue weighted by atomic mass is 19.1. The Labute approximate surface area is 200 Å². The molecule has 1 amide bonds. The van der Waals surface area contributed by atoms with Gasteiger partial charge in [-0.1, -0.05) is 0 Å². The van der Waals surface area contributed by atoms with Crippen LogP contribution >= 0.6 is 0 Å². The van der Waals surface area contributed by atoms with Gasteiger partial charge in [0, 0.05) is 44.1 Å². The van der Waals surface area contributed by atoms with E-state index in [0.29, 0.717) is 23.2 Å². The van der Waals surface area contributed by atoms with Crippen LogP contribution in [0.1, 0.15) is 56.7 Å². The molecule has 3 heterocycles. The van der Waals surface area contributed by atoms with Crippen LogP contribution in [0.5, 0.6) is 0 Å². The first-order valence-corrected chi connectivity index (χ1v) is 11.7. The Kier molecular flexibility index (Phi) is 8.73. The summed E-state index contributed by atoms with van der Waals surface area (Å²) in [5.41, 5.74) is -0.709. The number of amides is 1. The van der Waals surface area contributed by atoms with Crippen molar-refractivity contribution >= 4 is 23.2 Å². The average molecular weight is 475 g/mol. The number of nitrogens with one attached hydrogen (secondary N) is 3. The summed E-state index contributed by atoms with van der Waals surface area (Å²) in [5, 5.41) is 18.7. The number of nitrogens with zero attached hydrogens (tertiary/aromatic N) is 3. The minimum atomic E-state index is -1.60. The summed E-state index contributed by atoms with van der Waals surface area (Å²) in [7, 11) is 0. The van der Waals surface area contributed by atoms with Gasteiger partial charge in [-0.2, -0.15) is 0 Å². The number of hydrogen-bond acceptors (Lipinski definition) is 8. The predicted molar refractivity (Wildman–Crippen MR) is 129 cm³/mol. The molecule has 2 atom stereocenters. The van der Waals surface area contributed by atoms with Crippen molar-refractivity contribution in [1.29, 1.82) is 0 Å². The van der Waals surface area contributed by atoms with Crippen molar-refractivity contribution in [3.63, 3.8) is 0 Å². The molecule has 10 heteroatoms. The number of carbonyl (C=O) groups is 1. The van der Waals surface area contributed by atoms with Gasteiger partial charge in [-0.25, -0.2) is 19.3 Å². The second-order valence-electron chi connectivity index (χ2n) is 9.52. The van der Waals surface area contributed by atoms with Gasteiger partial charge in [-0.3, -0.25) is 4.79 Å². The van der Waals surface area contributed by atoms with Crippen molar-refractivity contribution in [3.8, 4) is 0 Å². The summed E-state index contributed by atoms with van der Waals surface area (Å²) < 4.78 is 19.6. The molecule has 3 rings (SSSR count). The number of hydrogen-bond donors (Lipinski definition) is 4. The number of aromatic nitrogens is 3. The molecule has 4 N–H and O–H groups in total. The number of carbonyl (C=O) groups excluding carboxylic acids is 1. The van der Waals surface area contributed by atoms with Gasteiger partial charge in [0.15, 0.2) is 0 Å². The fraction of sp³-hybridized carbons (Fsp3) is 0.583. The van der Waals surface area contributed by atoms with Crippen molar-refractivity contribution < 1.29 is 19.0 Å². The van der Waals surface area contributed by atoms with E-state index in [4.69, 9.17) is 4.74 Å². The largest absolute Gasteiger partial charge is 0.387 e. The van der Waals surface area contributed by atoms with Gasteiger partial charge in [-0.15, -0.1) is 0 Å². The SMILES string of the molecule is CC(C)Nc1cc(Nc2ccnc(CC3CCCOC3)n2)ncc1C(=O)NC[C@@H](F)C(C)(C)O. The lowest BCUT2D eigenvalue weighted by Gasteiger charge is -2.23. The van der Waals surface area contributed by atoms with E-state index in [1.807, 2.05) is 13.8 Å². The van der Waals surface area contributed by atoms with Crippen LogP contribution in [0.3, 0.4) is 0 Å². The third-order valence-corrected chi connectivity index (χ3v) is 5.49. The molecule has 1 fully saturated rings. The van der Waals surface area contributed by atoms with Crippen molar-refractivity contribution in [2.45, 2.75) is 64.8 Å². The van der Waals surface area contributed by atoms with Gasteiger partial charge in [0.2, 0.25) is 0 Å². The first kappa shape index (κ1) is 25.8. The molecule has 0 aromatic carbocycles. The quantitative estimate of drug-likeness (QED) is 0.414. The van der Waals surface area contributed by atoms with Gasteiger partial charge in [-0.05, 0) is 52.5 Å². The summed E-state index contributed by atoms with van der Waals surface area (Å²) in [6, 6.07) is 3.53. The first-order chi connectivity index (χ1) is 16.1. The smallest absolute Gasteiger partial charge is 0.255 e. The van der Waals surface area contributed by atoms with Gasteiger partial charge in [0.05, 0.1) is 23.4 Å². The summed E-state index contributed by atoms with van der Waals surface area (Å²) in [6.45, 7) is 7.87. The van der Waals surface area contributed by atoms with E-state index in [2.05, 4.69) is 30.9 Å². The van der Waals surface area contributed by atoms with Crippen LogP contribution in [0.4, 0.5) is 21.7 Å². The van der Waals surface area contributed by atoms with Crippen LogP contribution in [-0.2, 0) is 11.2 Å². The zero-order chi connectivity index (χ0) is 24.7. The zero-order valence-corrected chi connectivity index (χ0v) is 20.3. The minimum absolute atomic E-state index is 0.0514. The Morgan fingerprint density at radius 2 is 2.12 bits per heavy atom. The Hall–Kier alpha value is -2.85. The predicted octanol–water partition coefficient (Wildman–Crippen LogP) is 3.24. The van der Waals surface area contributed by atoms with Crippen LogP contribution in [0, 0.1) is 5.92 Å². The molecule has 1 aliphatic heterocycles. The average Bonchev–Trinajstić information content (AvgIpc) is 2.77. The number of aliphatic hydroxyl groups is 1. The summed E-state index contributed by atoms with van der Waals surface area (Å²) in [4.78, 5) is 26.0. The standard InChI is InChI=1S/C24H35FN6O3/c1-15(2)29-18-11-22(27-12-17(18)23(32)28-13-19(25)24(3,4)33)31-20-7-8-26-21(30-20)10-16-6-5-9-34-14-16/h7-8,11-12,15-16,19,33H,5-6,9-10,13-14H2,1-4H3,(H,28,32)(H2,26,27,29,30,31)/t16?,19-/m1/s1. The van der Waals surface area contributed by atoms with Gasteiger partial charge in [0.1, 0.15) is 23.6 Å². The second kappa shape index (κ2) is 11.5. The minimum Gasteiger partial charge on any atom is -0.387 e. The third kappa shape index (κ3) is 7.59. The lowest BCUT2D eigenvalue weighted by atomic mass is 9.98. The van der Waals surface area contributed by atoms with E-state index in [9.17, 15) is 14.3 Å². The topological polar surface area (TPSA) is 121 Å². The summed E-state index contributed by atoms with van der Waals surface area (Å²) in [5.74, 6) is 1.79. The highest BCUT2D eigenvalue weighted by molar-refractivity contribution is 5.99. The zero-order valence-electron chi connectivity index (χ0n) is 20.3. The van der Waals surface area contributed by atoms with E-state index in [1.54, 1.807) is 18.3 Å². The van der Waals surface area contributed by atoms with Crippen molar-refractivity contribution in [2.75, 3.05) is 30.4 Å². The van der Waals surface area contributed by atoms with Crippen LogP contribution in [0.15, 0.2) is 24.5 Å². The highest BCUT2D eigenvalue weighted by Gasteiger charge is 2.27. The van der Waals surface area contributed by atoms with Gasteiger partial charge >= 0.3 is 0 Å². The molecule has 0 radical (unpaired) electrons. The lowest BCUT2D eigenvalue weighted by Crippen LogP contribution is -2.42. The van der Waals surface area contributed by atoms with E-state index >= 15 is 0 Å². The van der Waals surface area contributed by atoms with Crippen LogP contribution in [0.2, 0.25) is 0 Å². The molecule has 34 heavy (non-hydrogen) atoms. The van der Waals surface area contributed by atoms with Crippen molar-refractivity contribution in [3.05, 3.63) is 35.9 Å². The Morgan fingerprint density at radius 1 is 1.32 bits per heavy atom. The lowest BCUT2D eigenvalue weighted by molar-refractivity contribution is -0.00177. The first-order valence-electron chi connectivity index (χ1n) is 11.7. The number of alkyl halides is 1. The summed E-state index contributed by atoms with van der Waals surface area (Å²) >= 11 is 0. The van der Waals surface area contributed by atoms with Gasteiger partial charge in [0.25, 0.3) is 5.91 Å². The number of rotatable bonds is 10. The molecule has 0 bridgehead atoms. The molecular formula is C24H35FN6O3.